The van der Waals surface area contributed by atoms with Crippen LogP contribution in [0.25, 0.3) is 0 Å². The molecule has 22 nitrogen and oxygen atoms in total. The number of hydrogen-bond acceptors (Lipinski definition) is 22. The number of ether oxygens (including phenoxy) is 10. The molecular weight excluding hydrogens is 868 g/mol. The molecule has 5 heterocycles. The van der Waals surface area contributed by atoms with Gasteiger partial charge in [0.2, 0.25) is 12.6 Å². The molecule has 1 unspecified atom stereocenters. The zero-order chi connectivity index (χ0) is 47.4. The Morgan fingerprint density at radius 3 is 1.95 bits per heavy atom. The lowest BCUT2D eigenvalue weighted by Gasteiger charge is -2.42. The van der Waals surface area contributed by atoms with Gasteiger partial charge in [0.05, 0.1) is 70.0 Å². The molecule has 0 amide bonds. The largest absolute Gasteiger partial charge is 0.468 e. The molecule has 2 bridgehead atoms. The van der Waals surface area contributed by atoms with Crippen molar-refractivity contribution in [1.82, 2.24) is 0 Å². The Bertz CT molecular complexity index is 1840. The first-order valence-corrected chi connectivity index (χ1v) is 21.5. The van der Waals surface area contributed by atoms with Crippen molar-refractivity contribution in [3.05, 3.63) is 47.0 Å². The Morgan fingerprint density at radius 2 is 1.40 bits per heavy atom. The fourth-order valence-corrected chi connectivity index (χ4v) is 9.33. The monoisotopic (exact) mass is 928 g/mol. The quantitative estimate of drug-likeness (QED) is 0.0602. The molecule has 6 aliphatic rings. The standard InChI is InChI=1S/C43H60O22/c1-6-19-22(25(38(54)56-5)15-59-40(19)64-42-36(52)34(50)32(48)28(11-44)62-42)9-30(46)57-13-17(3)21-8-27-18(4)24(21)14-58-31(47)10-23-20(7-2)41(60-16-26(23)39(55)61-27)65-43-37(53)35(51)33(49)29(12-45)63-43/h6-7,15-18,21-24,27-29,32-37,40-45,48-53H,8-14H2,1-5H3/b19-6+,20-7?/t17?,18-,21+,22+,23+,24-,27-,28-,29-,32-,33-,34+,35+,36-,37-,40+,41+,42+,43+/m1/s1. The van der Waals surface area contributed by atoms with Crippen molar-refractivity contribution in [2.75, 3.05) is 33.5 Å². The number of fused-ring (bicyclic) bond motifs is 3. The van der Waals surface area contributed by atoms with Crippen molar-refractivity contribution in [1.29, 1.82) is 0 Å². The summed E-state index contributed by atoms with van der Waals surface area (Å²) < 4.78 is 56.6. The van der Waals surface area contributed by atoms with E-state index in [-0.39, 0.29) is 65.6 Å². The van der Waals surface area contributed by atoms with Gasteiger partial charge in [-0.1, -0.05) is 26.0 Å². The summed E-state index contributed by atoms with van der Waals surface area (Å²) in [4.78, 5) is 53.9. The first-order valence-electron chi connectivity index (χ1n) is 21.5. The van der Waals surface area contributed by atoms with Crippen molar-refractivity contribution in [2.24, 2.45) is 35.5 Å². The van der Waals surface area contributed by atoms with Crippen LogP contribution in [0.5, 0.6) is 0 Å². The summed E-state index contributed by atoms with van der Waals surface area (Å²) in [5.74, 6) is -6.18. The summed E-state index contributed by atoms with van der Waals surface area (Å²) in [6.07, 6.45) is -14.4. The maximum absolute atomic E-state index is 13.9. The third-order valence-corrected chi connectivity index (χ3v) is 13.3. The third-order valence-electron chi connectivity index (χ3n) is 13.3. The average molecular weight is 929 g/mol. The highest BCUT2D eigenvalue weighted by atomic mass is 16.8. The zero-order valence-corrected chi connectivity index (χ0v) is 36.5. The predicted molar refractivity (Wildman–Crippen MR) is 213 cm³/mol. The van der Waals surface area contributed by atoms with E-state index in [0.29, 0.717) is 6.42 Å². The molecule has 0 aromatic carbocycles. The van der Waals surface area contributed by atoms with Gasteiger partial charge in [0.1, 0.15) is 54.9 Å². The molecule has 1 saturated carbocycles. The summed E-state index contributed by atoms with van der Waals surface area (Å²) >= 11 is 0. The summed E-state index contributed by atoms with van der Waals surface area (Å²) in [5.41, 5.74) is 0.476. The van der Waals surface area contributed by atoms with E-state index >= 15 is 0 Å². The lowest BCUT2D eigenvalue weighted by molar-refractivity contribution is -0.327. The number of aliphatic hydroxyl groups is 8. The summed E-state index contributed by atoms with van der Waals surface area (Å²) in [6, 6.07) is 0. The number of esters is 4. The molecule has 0 aromatic rings. The molecule has 364 valence electrons. The molecular formula is C43H60O22. The van der Waals surface area contributed by atoms with Crippen LogP contribution >= 0.6 is 0 Å². The van der Waals surface area contributed by atoms with Crippen LogP contribution in [0.15, 0.2) is 47.0 Å². The van der Waals surface area contributed by atoms with Crippen LogP contribution in [0.4, 0.5) is 0 Å². The molecule has 6 rings (SSSR count). The van der Waals surface area contributed by atoms with Gasteiger partial charge in [0.15, 0.2) is 12.6 Å². The first kappa shape index (κ1) is 50.4. The van der Waals surface area contributed by atoms with Gasteiger partial charge in [-0.2, -0.15) is 0 Å². The molecule has 65 heavy (non-hydrogen) atoms. The van der Waals surface area contributed by atoms with E-state index in [4.69, 9.17) is 47.4 Å². The Kier molecular flexibility index (Phi) is 16.8. The van der Waals surface area contributed by atoms with Gasteiger partial charge >= 0.3 is 23.9 Å². The van der Waals surface area contributed by atoms with Crippen molar-refractivity contribution < 1.29 is 107 Å². The van der Waals surface area contributed by atoms with E-state index in [9.17, 15) is 60.0 Å². The second-order valence-electron chi connectivity index (χ2n) is 17.0. The van der Waals surface area contributed by atoms with Gasteiger partial charge in [-0.15, -0.1) is 0 Å². The minimum Gasteiger partial charge on any atom is -0.468 e. The fourth-order valence-electron chi connectivity index (χ4n) is 9.33. The third kappa shape index (κ3) is 10.6. The van der Waals surface area contributed by atoms with Crippen LogP contribution < -0.4 is 0 Å². The molecule has 1 aliphatic carbocycles. The molecule has 3 saturated heterocycles. The average Bonchev–Trinajstić information content (AvgIpc) is 3.60. The van der Waals surface area contributed by atoms with Crippen molar-refractivity contribution in [2.45, 2.75) is 127 Å². The molecule has 22 heteroatoms. The topological polar surface area (TPSA) is 322 Å². The number of hydrogen-bond donors (Lipinski definition) is 8. The molecule has 5 aliphatic heterocycles. The highest BCUT2D eigenvalue weighted by Gasteiger charge is 2.51. The number of aliphatic hydroxyl groups excluding tert-OH is 8. The number of allylic oxidation sites excluding steroid dienone is 2. The summed E-state index contributed by atoms with van der Waals surface area (Å²) in [6.45, 7) is 5.37. The Balaban J connectivity index is 1.11. The second-order valence-corrected chi connectivity index (χ2v) is 17.0. The smallest absolute Gasteiger partial charge is 0.338 e. The van der Waals surface area contributed by atoms with Crippen LogP contribution in [0.1, 0.15) is 47.0 Å². The minimum absolute atomic E-state index is 0.00501. The van der Waals surface area contributed by atoms with E-state index in [2.05, 4.69) is 0 Å². The summed E-state index contributed by atoms with van der Waals surface area (Å²) in [7, 11) is 1.15. The van der Waals surface area contributed by atoms with Gasteiger partial charge in [0.25, 0.3) is 0 Å². The lowest BCUT2D eigenvalue weighted by Crippen LogP contribution is -2.60. The van der Waals surface area contributed by atoms with Gasteiger partial charge in [0, 0.05) is 28.9 Å². The maximum atomic E-state index is 13.9. The van der Waals surface area contributed by atoms with Crippen LogP contribution in [0.2, 0.25) is 0 Å². The van der Waals surface area contributed by atoms with E-state index in [1.165, 1.54) is 6.08 Å². The Hall–Kier alpha value is -4.04. The first-order chi connectivity index (χ1) is 31.0. The predicted octanol–water partition coefficient (Wildman–Crippen LogP) is -1.90. The number of methoxy groups -OCH3 is 1. The molecule has 19 atom stereocenters. The number of carbonyl (C=O) groups excluding carboxylic acids is 4. The number of carbonyl (C=O) groups is 4. The molecule has 0 radical (unpaired) electrons. The summed E-state index contributed by atoms with van der Waals surface area (Å²) in [5, 5.41) is 81.3. The molecule has 0 aromatic heterocycles. The lowest BCUT2D eigenvalue weighted by atomic mass is 9.83. The van der Waals surface area contributed by atoms with Crippen molar-refractivity contribution in [3.8, 4) is 0 Å². The Morgan fingerprint density at radius 1 is 0.831 bits per heavy atom. The highest BCUT2D eigenvalue weighted by molar-refractivity contribution is 5.91. The van der Waals surface area contributed by atoms with Crippen molar-refractivity contribution in [3.63, 3.8) is 0 Å². The molecule has 4 fully saturated rings. The second kappa shape index (κ2) is 21.7. The van der Waals surface area contributed by atoms with Gasteiger partial charge in [-0.25, -0.2) is 9.59 Å². The van der Waals surface area contributed by atoms with Crippen LogP contribution in [-0.2, 0) is 66.5 Å². The fraction of sp³-hybridized carbons (Fsp3) is 0.721. The molecule has 8 N–H and O–H groups in total. The zero-order valence-electron chi connectivity index (χ0n) is 36.5. The SMILES string of the molecule is CC=C1[C@H](O[C@@H]2O[C@H](CO)[C@@H](O)[C@H](O)[C@H]2O)OC=C2C(=O)O[C@@H]3C[C@@H](C(C)COC(=O)C[C@@H]4C(C(=O)OC)=CO[C@@H](O[C@@H]5O[C@H](CO)[C@@H](O)[C@H](O)[C@H]5O)/C4=C/C)[C@H](COC(=O)C[C@H]21)[C@H]3C. The van der Waals surface area contributed by atoms with E-state index in [1.807, 2.05) is 13.8 Å². The van der Waals surface area contributed by atoms with Gasteiger partial charge in [-0.3, -0.25) is 9.59 Å². The minimum atomic E-state index is -1.76. The van der Waals surface area contributed by atoms with Gasteiger partial charge < -0.3 is 88.2 Å². The van der Waals surface area contributed by atoms with Crippen LogP contribution in [0.3, 0.4) is 0 Å². The molecule has 0 spiro atoms. The van der Waals surface area contributed by atoms with Crippen molar-refractivity contribution >= 4 is 23.9 Å². The van der Waals surface area contributed by atoms with Gasteiger partial charge in [-0.05, 0) is 38.0 Å². The van der Waals surface area contributed by atoms with E-state index < -0.39 is 135 Å². The maximum Gasteiger partial charge on any atom is 0.338 e. The number of cyclic esters (lactones) is 1. The highest BCUT2D eigenvalue weighted by Crippen LogP contribution is 2.46. The normalized spacial score (nSPS) is 41.6. The Labute approximate surface area is 373 Å². The van der Waals surface area contributed by atoms with E-state index in [0.717, 1.165) is 19.6 Å². The van der Waals surface area contributed by atoms with E-state index in [1.54, 1.807) is 19.9 Å². The van der Waals surface area contributed by atoms with Crippen LogP contribution in [-0.4, -0.2) is 178 Å². The van der Waals surface area contributed by atoms with Crippen LogP contribution in [0, 0.1) is 35.5 Å². The number of rotatable bonds is 12.